The molecule has 108 valence electrons. The highest BCUT2D eigenvalue weighted by Gasteiger charge is 2.44. The van der Waals surface area contributed by atoms with Crippen LogP contribution in [0.2, 0.25) is 0 Å². The van der Waals surface area contributed by atoms with E-state index >= 15 is 0 Å². The molecule has 1 aromatic carbocycles. The van der Waals surface area contributed by atoms with Crippen molar-refractivity contribution in [2.75, 3.05) is 0 Å². The van der Waals surface area contributed by atoms with Crippen LogP contribution in [0.25, 0.3) is 0 Å². The summed E-state index contributed by atoms with van der Waals surface area (Å²) in [5, 5.41) is 2.80. The van der Waals surface area contributed by atoms with Gasteiger partial charge >= 0.3 is 0 Å². The van der Waals surface area contributed by atoms with Gasteiger partial charge in [0.1, 0.15) is 11.6 Å². The summed E-state index contributed by atoms with van der Waals surface area (Å²) in [6, 6.07) is 7.67. The Balaban J connectivity index is 2.30. The summed E-state index contributed by atoms with van der Waals surface area (Å²) in [4.78, 5) is 26.4. The first-order valence-electron chi connectivity index (χ1n) is 7.04. The summed E-state index contributed by atoms with van der Waals surface area (Å²) < 4.78 is 0. The van der Waals surface area contributed by atoms with Crippen molar-refractivity contribution in [2.45, 2.75) is 52.2 Å². The normalized spacial score (nSPS) is 21.8. The molecule has 4 heteroatoms. The van der Waals surface area contributed by atoms with Gasteiger partial charge < -0.3 is 10.2 Å². The van der Waals surface area contributed by atoms with Crippen LogP contribution in [-0.2, 0) is 16.1 Å². The summed E-state index contributed by atoms with van der Waals surface area (Å²) in [6.07, 6.45) is 0.624. The Labute approximate surface area is 120 Å². The number of nitrogens with one attached hydrogen (secondary N) is 1. The number of carbonyl (C=O) groups excluding carboxylic acids is 2. The molecule has 1 aromatic rings. The average molecular weight is 274 g/mol. The van der Waals surface area contributed by atoms with Gasteiger partial charge in [-0.15, -0.1) is 0 Å². The Morgan fingerprint density at radius 1 is 1.30 bits per heavy atom. The third kappa shape index (κ3) is 2.69. The fourth-order valence-corrected chi connectivity index (χ4v) is 2.68. The van der Waals surface area contributed by atoms with Crippen LogP contribution in [0.5, 0.6) is 0 Å². The van der Waals surface area contributed by atoms with Crippen molar-refractivity contribution in [2.24, 2.45) is 0 Å². The lowest BCUT2D eigenvalue weighted by Crippen LogP contribution is -2.67. The second kappa shape index (κ2) is 5.27. The van der Waals surface area contributed by atoms with Crippen LogP contribution in [0.3, 0.4) is 0 Å². The van der Waals surface area contributed by atoms with E-state index in [2.05, 4.69) is 11.4 Å². The van der Waals surface area contributed by atoms with Crippen LogP contribution in [0.4, 0.5) is 0 Å². The SMILES string of the molecule is CCC1C(=O)NC(C)(C)C(=O)N1Cc1cccc(C)c1. The number of hydrogen-bond donors (Lipinski definition) is 1. The molecule has 2 rings (SSSR count). The van der Waals surface area contributed by atoms with E-state index in [1.54, 1.807) is 18.7 Å². The quantitative estimate of drug-likeness (QED) is 0.916. The minimum atomic E-state index is -0.827. The van der Waals surface area contributed by atoms with E-state index in [9.17, 15) is 9.59 Å². The fraction of sp³-hybridized carbons (Fsp3) is 0.500. The number of benzene rings is 1. The zero-order valence-electron chi connectivity index (χ0n) is 12.6. The number of rotatable bonds is 3. The summed E-state index contributed by atoms with van der Waals surface area (Å²) in [7, 11) is 0. The molecule has 0 aliphatic carbocycles. The van der Waals surface area contributed by atoms with Gasteiger partial charge in [-0.25, -0.2) is 0 Å². The molecule has 0 saturated carbocycles. The Morgan fingerprint density at radius 2 is 2.00 bits per heavy atom. The Kier molecular flexibility index (Phi) is 3.84. The van der Waals surface area contributed by atoms with E-state index in [1.807, 2.05) is 32.0 Å². The maximum absolute atomic E-state index is 12.6. The fourth-order valence-electron chi connectivity index (χ4n) is 2.68. The topological polar surface area (TPSA) is 49.4 Å². The Bertz CT molecular complexity index is 537. The molecule has 1 fully saturated rings. The van der Waals surface area contributed by atoms with Gasteiger partial charge in [-0.1, -0.05) is 36.8 Å². The second-order valence-corrected chi connectivity index (χ2v) is 5.96. The molecule has 0 radical (unpaired) electrons. The molecule has 1 saturated heterocycles. The van der Waals surface area contributed by atoms with Gasteiger partial charge in [-0.05, 0) is 32.8 Å². The predicted molar refractivity (Wildman–Crippen MR) is 78.0 cm³/mol. The average Bonchev–Trinajstić information content (AvgIpc) is 2.35. The number of carbonyl (C=O) groups is 2. The first kappa shape index (κ1) is 14.6. The van der Waals surface area contributed by atoms with Crippen molar-refractivity contribution in [1.29, 1.82) is 0 Å². The smallest absolute Gasteiger partial charge is 0.248 e. The van der Waals surface area contributed by atoms with Gasteiger partial charge in [0, 0.05) is 6.54 Å². The highest BCUT2D eigenvalue weighted by Crippen LogP contribution is 2.22. The second-order valence-electron chi connectivity index (χ2n) is 5.96. The van der Waals surface area contributed by atoms with Crippen LogP contribution in [0.1, 0.15) is 38.3 Å². The molecule has 1 N–H and O–H groups in total. The van der Waals surface area contributed by atoms with Crippen LogP contribution < -0.4 is 5.32 Å². The lowest BCUT2D eigenvalue weighted by molar-refractivity contribution is -0.154. The summed E-state index contributed by atoms with van der Waals surface area (Å²) >= 11 is 0. The molecular formula is C16H22N2O2. The summed E-state index contributed by atoms with van der Waals surface area (Å²) in [5.74, 6) is -0.0878. The lowest BCUT2D eigenvalue weighted by atomic mass is 9.95. The van der Waals surface area contributed by atoms with Gasteiger partial charge in [0.25, 0.3) is 0 Å². The Hall–Kier alpha value is -1.84. The molecule has 0 spiro atoms. The van der Waals surface area contributed by atoms with Gasteiger partial charge in [0.15, 0.2) is 0 Å². The first-order chi connectivity index (χ1) is 9.35. The molecule has 1 heterocycles. The molecule has 20 heavy (non-hydrogen) atoms. The third-order valence-corrected chi connectivity index (χ3v) is 3.73. The van der Waals surface area contributed by atoms with E-state index in [-0.39, 0.29) is 17.9 Å². The zero-order chi connectivity index (χ0) is 14.9. The van der Waals surface area contributed by atoms with E-state index in [4.69, 9.17) is 0 Å². The molecule has 1 unspecified atom stereocenters. The minimum absolute atomic E-state index is 0.0227. The van der Waals surface area contributed by atoms with E-state index in [1.165, 1.54) is 0 Å². The molecule has 0 bridgehead atoms. The van der Waals surface area contributed by atoms with Crippen molar-refractivity contribution in [1.82, 2.24) is 10.2 Å². The monoisotopic (exact) mass is 274 g/mol. The highest BCUT2D eigenvalue weighted by molar-refractivity contribution is 5.99. The van der Waals surface area contributed by atoms with Crippen LogP contribution in [-0.4, -0.2) is 28.3 Å². The maximum atomic E-state index is 12.6. The van der Waals surface area contributed by atoms with Crippen molar-refractivity contribution in [3.8, 4) is 0 Å². The number of nitrogens with zero attached hydrogens (tertiary/aromatic N) is 1. The van der Waals surface area contributed by atoms with Crippen LogP contribution in [0.15, 0.2) is 24.3 Å². The predicted octanol–water partition coefficient (Wildman–Crippen LogP) is 2.01. The van der Waals surface area contributed by atoms with E-state index in [0.717, 1.165) is 11.1 Å². The zero-order valence-corrected chi connectivity index (χ0v) is 12.6. The van der Waals surface area contributed by atoms with Crippen molar-refractivity contribution >= 4 is 11.8 Å². The number of piperazine rings is 1. The van der Waals surface area contributed by atoms with Gasteiger partial charge in [-0.3, -0.25) is 9.59 Å². The Morgan fingerprint density at radius 3 is 2.60 bits per heavy atom. The number of amides is 2. The van der Waals surface area contributed by atoms with Crippen molar-refractivity contribution in [3.05, 3.63) is 35.4 Å². The molecule has 1 atom stereocenters. The van der Waals surface area contributed by atoms with E-state index < -0.39 is 5.54 Å². The number of hydrogen-bond acceptors (Lipinski definition) is 2. The third-order valence-electron chi connectivity index (χ3n) is 3.73. The minimum Gasteiger partial charge on any atom is -0.340 e. The van der Waals surface area contributed by atoms with Gasteiger partial charge in [0.05, 0.1) is 0 Å². The van der Waals surface area contributed by atoms with Crippen molar-refractivity contribution < 1.29 is 9.59 Å². The molecule has 4 nitrogen and oxygen atoms in total. The standard InChI is InChI=1S/C16H22N2O2/c1-5-13-14(19)17-16(3,4)15(20)18(13)10-12-8-6-7-11(2)9-12/h6-9,13H,5,10H2,1-4H3,(H,17,19). The lowest BCUT2D eigenvalue weighted by Gasteiger charge is -2.42. The summed E-state index contributed by atoms with van der Waals surface area (Å²) in [5.41, 5.74) is 1.39. The molecule has 1 aliphatic rings. The van der Waals surface area contributed by atoms with Crippen LogP contribution in [0, 0.1) is 6.92 Å². The van der Waals surface area contributed by atoms with E-state index in [0.29, 0.717) is 13.0 Å². The highest BCUT2D eigenvalue weighted by atomic mass is 16.2. The number of aryl methyl sites for hydroxylation is 1. The van der Waals surface area contributed by atoms with Gasteiger partial charge in [0.2, 0.25) is 11.8 Å². The molecular weight excluding hydrogens is 252 g/mol. The summed E-state index contributed by atoms with van der Waals surface area (Å²) in [6.45, 7) is 7.94. The van der Waals surface area contributed by atoms with Crippen LogP contribution >= 0.6 is 0 Å². The molecule has 0 aromatic heterocycles. The van der Waals surface area contributed by atoms with Crippen molar-refractivity contribution in [3.63, 3.8) is 0 Å². The van der Waals surface area contributed by atoms with Gasteiger partial charge in [-0.2, -0.15) is 0 Å². The molecule has 2 amide bonds. The first-order valence-corrected chi connectivity index (χ1v) is 7.04. The molecule has 1 aliphatic heterocycles. The maximum Gasteiger partial charge on any atom is 0.248 e. The largest absolute Gasteiger partial charge is 0.340 e.